The largest absolute Gasteiger partial charge is 0.354 e. The van der Waals surface area contributed by atoms with Gasteiger partial charge in [0.1, 0.15) is 6.04 Å². The zero-order chi connectivity index (χ0) is 10.1. The maximum Gasteiger partial charge on any atom is 0.242 e. The molecule has 2 amide bonds. The van der Waals surface area contributed by atoms with Crippen molar-refractivity contribution < 1.29 is 9.59 Å². The Bertz CT molecular complexity index is 267. The molecule has 0 aromatic rings. The van der Waals surface area contributed by atoms with Gasteiger partial charge in [-0.3, -0.25) is 9.59 Å². The van der Waals surface area contributed by atoms with E-state index in [0.29, 0.717) is 12.5 Å². The van der Waals surface area contributed by atoms with Crippen LogP contribution in [-0.4, -0.2) is 49.4 Å². The molecular formula is C9H15N3O2. The van der Waals surface area contributed by atoms with Gasteiger partial charge < -0.3 is 15.5 Å². The highest BCUT2D eigenvalue weighted by Crippen LogP contribution is 2.26. The number of rotatable bonds is 2. The average molecular weight is 197 g/mol. The van der Waals surface area contributed by atoms with Crippen LogP contribution in [0.2, 0.25) is 0 Å². The number of nitrogens with zero attached hydrogens (tertiary/aromatic N) is 1. The smallest absolute Gasteiger partial charge is 0.242 e. The van der Waals surface area contributed by atoms with Crippen LogP contribution in [0.3, 0.4) is 0 Å². The zero-order valence-corrected chi connectivity index (χ0v) is 8.25. The van der Waals surface area contributed by atoms with E-state index in [4.69, 9.17) is 0 Å². The van der Waals surface area contributed by atoms with Crippen molar-refractivity contribution in [2.45, 2.75) is 12.5 Å². The summed E-state index contributed by atoms with van der Waals surface area (Å²) in [6.07, 6.45) is 0.835. The Morgan fingerprint density at radius 3 is 3.21 bits per heavy atom. The minimum Gasteiger partial charge on any atom is -0.354 e. The predicted octanol–water partition coefficient (Wildman–Crippen LogP) is -1.45. The van der Waals surface area contributed by atoms with Gasteiger partial charge in [-0.25, -0.2) is 0 Å². The van der Waals surface area contributed by atoms with E-state index >= 15 is 0 Å². The Labute approximate surface area is 82.8 Å². The molecule has 14 heavy (non-hydrogen) atoms. The second-order valence-electron chi connectivity index (χ2n) is 3.94. The topological polar surface area (TPSA) is 61.4 Å². The maximum atomic E-state index is 11.6. The first kappa shape index (κ1) is 9.45. The van der Waals surface area contributed by atoms with Crippen molar-refractivity contribution in [3.05, 3.63) is 0 Å². The lowest BCUT2D eigenvalue weighted by atomic mass is 10.0. The molecule has 0 aliphatic carbocycles. The van der Waals surface area contributed by atoms with Crippen molar-refractivity contribution >= 4 is 11.8 Å². The molecular weight excluding hydrogens is 182 g/mol. The SMILES string of the molecule is CNCC(=O)N1C[C@H]2CNC(=O)[C@@H]1C2. The highest BCUT2D eigenvalue weighted by molar-refractivity contribution is 5.89. The number of nitrogens with one attached hydrogen (secondary N) is 2. The first-order valence-electron chi connectivity index (χ1n) is 4.94. The molecule has 2 aliphatic heterocycles. The molecule has 2 aliphatic rings. The number of amides is 2. The summed E-state index contributed by atoms with van der Waals surface area (Å²) < 4.78 is 0. The fourth-order valence-electron chi connectivity index (χ4n) is 2.21. The quantitative estimate of drug-likeness (QED) is 0.569. The molecule has 2 saturated heterocycles. The number of fused-ring (bicyclic) bond motifs is 2. The Hall–Kier alpha value is -1.10. The van der Waals surface area contributed by atoms with Crippen LogP contribution in [0.25, 0.3) is 0 Å². The van der Waals surface area contributed by atoms with Crippen molar-refractivity contribution in [3.8, 4) is 0 Å². The molecule has 0 radical (unpaired) electrons. The van der Waals surface area contributed by atoms with Crippen LogP contribution in [0.5, 0.6) is 0 Å². The first-order valence-corrected chi connectivity index (χ1v) is 4.94. The predicted molar refractivity (Wildman–Crippen MR) is 50.5 cm³/mol. The fourth-order valence-corrected chi connectivity index (χ4v) is 2.21. The van der Waals surface area contributed by atoms with Crippen LogP contribution in [0, 0.1) is 5.92 Å². The van der Waals surface area contributed by atoms with Crippen LogP contribution in [-0.2, 0) is 9.59 Å². The average Bonchev–Trinajstić information content (AvgIpc) is 2.52. The van der Waals surface area contributed by atoms with Crippen molar-refractivity contribution in [2.24, 2.45) is 5.92 Å². The van der Waals surface area contributed by atoms with E-state index in [9.17, 15) is 9.59 Å². The highest BCUT2D eigenvalue weighted by Gasteiger charge is 2.42. The molecule has 2 N–H and O–H groups in total. The third-order valence-electron chi connectivity index (χ3n) is 2.90. The molecule has 0 aromatic heterocycles. The summed E-state index contributed by atoms with van der Waals surface area (Å²) >= 11 is 0. The standard InChI is InChI=1S/C9H15N3O2/c1-10-4-8(13)12-5-6-2-7(12)9(14)11-3-6/h6-7,10H,2-5H2,1H3,(H,11,14)/t6-,7+/m1/s1. The van der Waals surface area contributed by atoms with E-state index in [1.165, 1.54) is 0 Å². The molecule has 2 atom stereocenters. The number of likely N-dealkylation sites (tertiary alicyclic amines) is 1. The number of carbonyl (C=O) groups excluding carboxylic acids is 2. The molecule has 0 unspecified atom stereocenters. The van der Waals surface area contributed by atoms with Crippen molar-refractivity contribution in [2.75, 3.05) is 26.7 Å². The minimum atomic E-state index is -0.213. The Balaban J connectivity index is 2.06. The van der Waals surface area contributed by atoms with Gasteiger partial charge in [0.15, 0.2) is 0 Å². The summed E-state index contributed by atoms with van der Waals surface area (Å²) in [7, 11) is 1.74. The van der Waals surface area contributed by atoms with Crippen LogP contribution in [0.15, 0.2) is 0 Å². The monoisotopic (exact) mass is 197 g/mol. The van der Waals surface area contributed by atoms with Crippen LogP contribution < -0.4 is 10.6 Å². The number of carbonyl (C=O) groups is 2. The van der Waals surface area contributed by atoms with Gasteiger partial charge in [-0.15, -0.1) is 0 Å². The van der Waals surface area contributed by atoms with Crippen molar-refractivity contribution in [1.29, 1.82) is 0 Å². The summed E-state index contributed by atoms with van der Waals surface area (Å²) in [6.45, 7) is 1.76. The Morgan fingerprint density at radius 1 is 1.71 bits per heavy atom. The van der Waals surface area contributed by atoms with Gasteiger partial charge in [0, 0.05) is 13.1 Å². The third-order valence-corrected chi connectivity index (χ3v) is 2.90. The molecule has 0 saturated carbocycles. The van der Waals surface area contributed by atoms with Crippen LogP contribution >= 0.6 is 0 Å². The first-order chi connectivity index (χ1) is 6.72. The molecule has 2 bridgehead atoms. The van der Waals surface area contributed by atoms with Crippen LogP contribution in [0.4, 0.5) is 0 Å². The minimum absolute atomic E-state index is 0.00297. The lowest BCUT2D eigenvalue weighted by Gasteiger charge is -2.23. The molecule has 5 nitrogen and oxygen atoms in total. The van der Waals surface area contributed by atoms with Gasteiger partial charge in [-0.1, -0.05) is 0 Å². The van der Waals surface area contributed by atoms with Crippen molar-refractivity contribution in [1.82, 2.24) is 15.5 Å². The number of piperidine rings is 1. The second-order valence-corrected chi connectivity index (χ2v) is 3.94. The van der Waals surface area contributed by atoms with Crippen LogP contribution in [0.1, 0.15) is 6.42 Å². The summed E-state index contributed by atoms with van der Waals surface area (Å²) in [4.78, 5) is 24.8. The lowest BCUT2D eigenvalue weighted by Crippen LogP contribution is -2.48. The third kappa shape index (κ3) is 1.48. The van der Waals surface area contributed by atoms with Gasteiger partial charge in [0.25, 0.3) is 0 Å². The summed E-state index contributed by atoms with van der Waals surface area (Å²) in [5.41, 5.74) is 0. The fraction of sp³-hybridized carbons (Fsp3) is 0.778. The molecule has 2 heterocycles. The van der Waals surface area contributed by atoms with Gasteiger partial charge in [-0.2, -0.15) is 0 Å². The summed E-state index contributed by atoms with van der Waals surface area (Å²) in [5, 5.41) is 5.63. The van der Waals surface area contributed by atoms with E-state index in [2.05, 4.69) is 10.6 Å². The van der Waals surface area contributed by atoms with E-state index in [1.807, 2.05) is 0 Å². The maximum absolute atomic E-state index is 11.6. The Kier molecular flexibility index (Phi) is 2.41. The van der Waals surface area contributed by atoms with Crippen molar-refractivity contribution in [3.63, 3.8) is 0 Å². The van der Waals surface area contributed by atoms with E-state index < -0.39 is 0 Å². The van der Waals surface area contributed by atoms with Gasteiger partial charge in [-0.05, 0) is 19.4 Å². The molecule has 0 aromatic carbocycles. The number of hydrogen-bond donors (Lipinski definition) is 2. The number of hydrogen-bond acceptors (Lipinski definition) is 3. The van der Waals surface area contributed by atoms with Gasteiger partial charge >= 0.3 is 0 Å². The Morgan fingerprint density at radius 2 is 2.50 bits per heavy atom. The molecule has 5 heteroatoms. The van der Waals surface area contributed by atoms with E-state index in [-0.39, 0.29) is 17.9 Å². The molecule has 2 rings (SSSR count). The second kappa shape index (κ2) is 3.57. The van der Waals surface area contributed by atoms with Gasteiger partial charge in [0.05, 0.1) is 6.54 Å². The van der Waals surface area contributed by atoms with E-state index in [0.717, 1.165) is 19.5 Å². The zero-order valence-electron chi connectivity index (χ0n) is 8.25. The molecule has 0 spiro atoms. The normalized spacial score (nSPS) is 30.4. The lowest BCUT2D eigenvalue weighted by molar-refractivity contribution is -0.137. The summed E-state index contributed by atoms with van der Waals surface area (Å²) in [5.74, 6) is 0.485. The summed E-state index contributed by atoms with van der Waals surface area (Å²) in [6, 6.07) is -0.213. The number of likely N-dealkylation sites (N-methyl/N-ethyl adjacent to an activating group) is 1. The molecule has 2 fully saturated rings. The van der Waals surface area contributed by atoms with E-state index in [1.54, 1.807) is 11.9 Å². The van der Waals surface area contributed by atoms with Gasteiger partial charge in [0.2, 0.25) is 11.8 Å². The highest BCUT2D eigenvalue weighted by atomic mass is 16.2. The molecule has 78 valence electrons.